The molecule has 168 valence electrons. The number of anilines is 1. The van der Waals surface area contributed by atoms with Crippen molar-refractivity contribution in [3.05, 3.63) is 76.3 Å². The van der Waals surface area contributed by atoms with Gasteiger partial charge in [0, 0.05) is 16.3 Å². The number of nitrogens with one attached hydrogen (secondary N) is 2. The summed E-state index contributed by atoms with van der Waals surface area (Å²) >= 11 is 17.7. The maximum absolute atomic E-state index is 12.6. The maximum Gasteiger partial charge on any atom is 0.257 e. The van der Waals surface area contributed by atoms with Gasteiger partial charge in [-0.05, 0) is 80.7 Å². The molecule has 0 fully saturated rings. The van der Waals surface area contributed by atoms with Crippen LogP contribution in [0.1, 0.15) is 24.2 Å². The molecule has 0 aliphatic heterocycles. The van der Waals surface area contributed by atoms with Crippen LogP contribution in [0.2, 0.25) is 10.0 Å². The van der Waals surface area contributed by atoms with Crippen LogP contribution in [0.15, 0.2) is 65.1 Å². The lowest BCUT2D eigenvalue weighted by Gasteiger charge is -2.13. The number of hydrogen-bond donors (Lipinski definition) is 2. The molecule has 0 radical (unpaired) electrons. The fourth-order valence-electron chi connectivity index (χ4n) is 3.10. The summed E-state index contributed by atoms with van der Waals surface area (Å²) in [5.41, 5.74) is 2.83. The molecule has 1 amide bonds. The second-order valence-corrected chi connectivity index (χ2v) is 8.68. The topological polar surface area (TPSA) is 76.4 Å². The van der Waals surface area contributed by atoms with Crippen molar-refractivity contribution in [2.45, 2.75) is 20.0 Å². The molecular formula is C24H19Cl2N3O3S. The van der Waals surface area contributed by atoms with E-state index in [2.05, 4.69) is 15.6 Å². The van der Waals surface area contributed by atoms with Crippen molar-refractivity contribution >= 4 is 63.2 Å². The highest BCUT2D eigenvalue weighted by atomic mass is 35.5. The molecule has 0 atom stereocenters. The molecule has 3 aromatic carbocycles. The molecule has 1 heterocycles. The van der Waals surface area contributed by atoms with Crippen molar-refractivity contribution in [1.82, 2.24) is 10.3 Å². The number of nitrogens with zero attached hydrogens (tertiary/aromatic N) is 1. The number of carbonyl (C=O) groups is 1. The van der Waals surface area contributed by atoms with Crippen LogP contribution in [-0.2, 0) is 0 Å². The minimum atomic E-state index is -0.355. The number of fused-ring (bicyclic) bond motifs is 1. The molecular weight excluding hydrogens is 481 g/mol. The van der Waals surface area contributed by atoms with Crippen LogP contribution < -0.4 is 15.4 Å². The van der Waals surface area contributed by atoms with E-state index >= 15 is 0 Å². The zero-order valence-electron chi connectivity index (χ0n) is 17.7. The van der Waals surface area contributed by atoms with E-state index in [1.54, 1.807) is 60.7 Å². The summed E-state index contributed by atoms with van der Waals surface area (Å²) in [4.78, 5) is 17.1. The lowest BCUT2D eigenvalue weighted by molar-refractivity contribution is 0.0977. The van der Waals surface area contributed by atoms with Crippen molar-refractivity contribution in [3.63, 3.8) is 0 Å². The standard InChI is InChI=1S/C24H19Cl2N3O3S/c1-13(2)31-17-5-3-4-14(10-17)22(30)29-24(33)27-16-7-8-19(26)18(12-16)23-28-20-11-15(25)6-9-21(20)32-23/h3-13H,1-2H3,(H2,27,29,30,33). The smallest absolute Gasteiger partial charge is 0.257 e. The maximum atomic E-state index is 12.6. The molecule has 9 heteroatoms. The van der Waals surface area contributed by atoms with Crippen molar-refractivity contribution in [2.75, 3.05) is 5.32 Å². The molecule has 0 aliphatic carbocycles. The van der Waals surface area contributed by atoms with E-state index in [0.717, 1.165) is 0 Å². The van der Waals surface area contributed by atoms with E-state index in [4.69, 9.17) is 44.6 Å². The van der Waals surface area contributed by atoms with E-state index in [1.807, 2.05) is 13.8 Å². The summed E-state index contributed by atoms with van der Waals surface area (Å²) in [6.45, 7) is 3.84. The van der Waals surface area contributed by atoms with Crippen LogP contribution in [0.25, 0.3) is 22.6 Å². The van der Waals surface area contributed by atoms with Crippen LogP contribution in [0.3, 0.4) is 0 Å². The third-order valence-corrected chi connectivity index (χ3v) is 5.27. The number of hydrogen-bond acceptors (Lipinski definition) is 5. The predicted molar refractivity (Wildman–Crippen MR) is 135 cm³/mol. The van der Waals surface area contributed by atoms with Gasteiger partial charge < -0.3 is 14.5 Å². The van der Waals surface area contributed by atoms with E-state index in [0.29, 0.717) is 49.6 Å². The number of oxazole rings is 1. The van der Waals surface area contributed by atoms with Gasteiger partial charge >= 0.3 is 0 Å². The first-order chi connectivity index (χ1) is 15.8. The molecule has 1 aromatic heterocycles. The average molecular weight is 500 g/mol. The number of thiocarbonyl (C=S) groups is 1. The fraction of sp³-hybridized carbons (Fsp3) is 0.125. The lowest BCUT2D eigenvalue weighted by atomic mass is 10.2. The molecule has 0 aliphatic rings. The Kier molecular flexibility index (Phi) is 6.83. The van der Waals surface area contributed by atoms with Crippen LogP contribution in [0.5, 0.6) is 5.75 Å². The van der Waals surface area contributed by atoms with Gasteiger partial charge in [-0.25, -0.2) is 4.98 Å². The second-order valence-electron chi connectivity index (χ2n) is 7.43. The first-order valence-electron chi connectivity index (χ1n) is 10.0. The van der Waals surface area contributed by atoms with Crippen molar-refractivity contribution in [2.24, 2.45) is 0 Å². The minimum absolute atomic E-state index is 0.00313. The summed E-state index contributed by atoms with van der Waals surface area (Å²) in [7, 11) is 0. The Morgan fingerprint density at radius 2 is 1.91 bits per heavy atom. The van der Waals surface area contributed by atoms with Gasteiger partial charge in [0.1, 0.15) is 11.3 Å². The Labute approximate surface area is 205 Å². The summed E-state index contributed by atoms with van der Waals surface area (Å²) < 4.78 is 11.5. The van der Waals surface area contributed by atoms with Gasteiger partial charge in [-0.3, -0.25) is 10.1 Å². The van der Waals surface area contributed by atoms with Crippen LogP contribution >= 0.6 is 35.4 Å². The number of amides is 1. The van der Waals surface area contributed by atoms with Crippen LogP contribution in [-0.4, -0.2) is 22.1 Å². The van der Waals surface area contributed by atoms with Gasteiger partial charge in [0.05, 0.1) is 16.7 Å². The number of ether oxygens (including phenoxy) is 1. The number of halogens is 2. The highest BCUT2D eigenvalue weighted by Crippen LogP contribution is 2.33. The summed E-state index contributed by atoms with van der Waals surface area (Å²) in [6, 6.07) is 17.3. The summed E-state index contributed by atoms with van der Waals surface area (Å²) in [5, 5.41) is 6.80. The van der Waals surface area contributed by atoms with Crippen molar-refractivity contribution < 1.29 is 13.9 Å². The van der Waals surface area contributed by atoms with Gasteiger partial charge in [0.15, 0.2) is 10.7 Å². The minimum Gasteiger partial charge on any atom is -0.491 e. The number of aromatic nitrogens is 1. The Hall–Kier alpha value is -3.13. The normalized spacial score (nSPS) is 10.9. The molecule has 0 unspecified atom stereocenters. The van der Waals surface area contributed by atoms with Gasteiger partial charge in [0.2, 0.25) is 5.89 Å². The number of rotatable bonds is 5. The predicted octanol–water partition coefficient (Wildman–Crippen LogP) is 6.72. The quantitative estimate of drug-likeness (QED) is 0.297. The van der Waals surface area contributed by atoms with Crippen molar-refractivity contribution in [1.29, 1.82) is 0 Å². The highest BCUT2D eigenvalue weighted by molar-refractivity contribution is 7.80. The van der Waals surface area contributed by atoms with Crippen molar-refractivity contribution in [3.8, 4) is 17.2 Å². The third-order valence-electron chi connectivity index (χ3n) is 4.50. The van der Waals surface area contributed by atoms with Gasteiger partial charge in [-0.2, -0.15) is 0 Å². The Morgan fingerprint density at radius 3 is 2.70 bits per heavy atom. The number of carbonyl (C=O) groups excluding carboxylic acids is 1. The first kappa shape index (κ1) is 23.0. The van der Waals surface area contributed by atoms with Gasteiger partial charge in [0.25, 0.3) is 5.91 Å². The van der Waals surface area contributed by atoms with E-state index < -0.39 is 0 Å². The molecule has 6 nitrogen and oxygen atoms in total. The number of benzene rings is 3. The monoisotopic (exact) mass is 499 g/mol. The zero-order chi connectivity index (χ0) is 23.5. The van der Waals surface area contributed by atoms with E-state index in [9.17, 15) is 4.79 Å². The first-order valence-corrected chi connectivity index (χ1v) is 11.2. The summed E-state index contributed by atoms with van der Waals surface area (Å²) in [5.74, 6) is 0.600. The van der Waals surface area contributed by atoms with E-state index in [1.165, 1.54) is 0 Å². The second kappa shape index (κ2) is 9.79. The van der Waals surface area contributed by atoms with Crippen LogP contribution in [0, 0.1) is 0 Å². The highest BCUT2D eigenvalue weighted by Gasteiger charge is 2.14. The summed E-state index contributed by atoms with van der Waals surface area (Å²) in [6.07, 6.45) is 0.00313. The lowest BCUT2D eigenvalue weighted by Crippen LogP contribution is -2.34. The Morgan fingerprint density at radius 1 is 1.09 bits per heavy atom. The largest absolute Gasteiger partial charge is 0.491 e. The Bertz CT molecular complexity index is 1350. The molecule has 0 saturated carbocycles. The molecule has 2 N–H and O–H groups in total. The zero-order valence-corrected chi connectivity index (χ0v) is 20.0. The van der Waals surface area contributed by atoms with Crippen LogP contribution in [0.4, 0.5) is 5.69 Å². The fourth-order valence-corrected chi connectivity index (χ4v) is 3.68. The van der Waals surface area contributed by atoms with Gasteiger partial charge in [-0.15, -0.1) is 0 Å². The molecule has 33 heavy (non-hydrogen) atoms. The SMILES string of the molecule is CC(C)Oc1cccc(C(=O)NC(=S)Nc2ccc(Cl)c(-c3nc4cc(Cl)ccc4o3)c2)c1. The third kappa shape index (κ3) is 5.63. The average Bonchev–Trinajstić information content (AvgIpc) is 3.17. The molecule has 0 saturated heterocycles. The molecule has 0 spiro atoms. The van der Waals surface area contributed by atoms with E-state index in [-0.39, 0.29) is 17.1 Å². The molecule has 4 rings (SSSR count). The molecule has 0 bridgehead atoms. The Balaban J connectivity index is 1.49. The molecule has 4 aromatic rings. The van der Waals surface area contributed by atoms with Gasteiger partial charge in [-0.1, -0.05) is 29.3 Å².